The summed E-state index contributed by atoms with van der Waals surface area (Å²) in [5, 5.41) is 16.4. The average molecular weight is 681 g/mol. The fraction of sp³-hybridized carbons (Fsp3) is 0.250. The van der Waals surface area contributed by atoms with E-state index >= 15 is 8.78 Å². The van der Waals surface area contributed by atoms with Gasteiger partial charge in [-0.25, -0.2) is 12.8 Å². The number of nitrogens with one attached hydrogen (secondary N) is 1. The lowest BCUT2D eigenvalue weighted by Gasteiger charge is -2.37. The van der Waals surface area contributed by atoms with Gasteiger partial charge in [0.25, 0.3) is 17.7 Å². The molecule has 1 N–H and O–H groups in total. The molecule has 0 spiro atoms. The van der Waals surface area contributed by atoms with E-state index in [9.17, 15) is 27.7 Å². The molecule has 2 atom stereocenters. The summed E-state index contributed by atoms with van der Waals surface area (Å²) in [6, 6.07) is 12.3. The molecule has 1 fully saturated rings. The van der Waals surface area contributed by atoms with Gasteiger partial charge in [-0.05, 0) is 48.5 Å². The van der Waals surface area contributed by atoms with Crippen molar-refractivity contribution in [1.82, 2.24) is 14.1 Å². The van der Waals surface area contributed by atoms with Crippen LogP contribution in [0, 0.1) is 17.1 Å². The van der Waals surface area contributed by atoms with Gasteiger partial charge < -0.3 is 19.7 Å². The van der Waals surface area contributed by atoms with Gasteiger partial charge in [0.15, 0.2) is 17.3 Å². The van der Waals surface area contributed by atoms with E-state index < -0.39 is 56.8 Å². The number of anilines is 2. The highest BCUT2D eigenvalue weighted by atomic mass is 32.2. The van der Waals surface area contributed by atoms with E-state index in [4.69, 9.17) is 9.47 Å². The molecule has 48 heavy (non-hydrogen) atoms. The number of sulfonamides is 1. The summed E-state index contributed by atoms with van der Waals surface area (Å²) in [5.41, 5.74) is -0.572. The Bertz CT molecular complexity index is 2100. The molecule has 0 bridgehead atoms. The Labute approximate surface area is 272 Å². The van der Waals surface area contributed by atoms with Crippen molar-refractivity contribution in [2.24, 2.45) is 0 Å². The number of nitriles is 1. The summed E-state index contributed by atoms with van der Waals surface area (Å²) in [7, 11) is -1.15. The molecule has 6 rings (SSSR count). The van der Waals surface area contributed by atoms with E-state index in [0.29, 0.717) is 0 Å². The predicted octanol–water partition coefficient (Wildman–Crippen LogP) is 4.15. The number of carbonyl (C=O) groups excluding carboxylic acids is 2. The molecule has 248 valence electrons. The number of hydrogen-bond acceptors (Lipinski definition) is 8. The zero-order valence-corrected chi connectivity index (χ0v) is 26.5. The predicted molar refractivity (Wildman–Crippen MR) is 166 cm³/mol. The number of amides is 2. The number of ether oxygens (including phenoxy) is 2. The molecule has 4 aromatic rings. The Balaban J connectivity index is 1.36. The SMILES string of the molecule is COc1cc(C(F)(F)c2ccc(N3C(=O)c4c(NC(=O)c5ccc(OC)c(C#N)c5)cnn4[C@@H]4CN(S(C)(=O)=O)C[C@@H]43)cc2)ccc1F. The topological polar surface area (TPSA) is 147 Å². The third-order valence-corrected chi connectivity index (χ3v) is 9.65. The van der Waals surface area contributed by atoms with Crippen molar-refractivity contribution < 1.29 is 40.7 Å². The Morgan fingerprint density at radius 2 is 1.67 bits per heavy atom. The van der Waals surface area contributed by atoms with Crippen LogP contribution in [0.5, 0.6) is 11.5 Å². The van der Waals surface area contributed by atoms with Crippen LogP contribution in [-0.4, -0.2) is 73.9 Å². The van der Waals surface area contributed by atoms with Gasteiger partial charge in [-0.15, -0.1) is 0 Å². The molecule has 2 amide bonds. The number of rotatable bonds is 8. The van der Waals surface area contributed by atoms with Crippen LogP contribution in [-0.2, 0) is 15.9 Å². The van der Waals surface area contributed by atoms with Gasteiger partial charge in [0, 0.05) is 35.5 Å². The first kappa shape index (κ1) is 32.5. The molecule has 2 aliphatic rings. The van der Waals surface area contributed by atoms with Crippen LogP contribution in [0.4, 0.5) is 24.5 Å². The quantitative estimate of drug-likeness (QED) is 0.292. The molecule has 0 unspecified atom stereocenters. The van der Waals surface area contributed by atoms with Crippen molar-refractivity contribution in [3.63, 3.8) is 0 Å². The van der Waals surface area contributed by atoms with Gasteiger partial charge in [-0.2, -0.15) is 23.4 Å². The highest BCUT2D eigenvalue weighted by Crippen LogP contribution is 2.42. The largest absolute Gasteiger partial charge is 0.495 e. The van der Waals surface area contributed by atoms with Crippen molar-refractivity contribution >= 4 is 33.2 Å². The average Bonchev–Trinajstić information content (AvgIpc) is 3.70. The molecule has 0 radical (unpaired) electrons. The van der Waals surface area contributed by atoms with Gasteiger partial charge in [-0.1, -0.05) is 12.1 Å². The number of benzene rings is 3. The number of methoxy groups -OCH3 is 2. The molecule has 1 aromatic heterocycles. The van der Waals surface area contributed by atoms with Crippen LogP contribution in [0.3, 0.4) is 0 Å². The standard InChI is InChI=1S/C32H27F3N6O6S/c1-46-27-11-4-18(12-19(27)14-36)30(42)38-24-15-37-41-26-17-39(48(3,44)45)16-25(26)40(31(43)29(24)41)22-8-5-20(6-9-22)32(34,35)21-7-10-23(33)28(13-21)47-2/h4-13,15,25-26H,16-17H2,1-3H3,(H,38,42)/t25-,26+/m0/s1. The van der Waals surface area contributed by atoms with Gasteiger partial charge in [0.1, 0.15) is 11.8 Å². The van der Waals surface area contributed by atoms with Gasteiger partial charge in [0.05, 0.1) is 50.0 Å². The number of carbonyl (C=O) groups is 2. The minimum Gasteiger partial charge on any atom is -0.495 e. The smallest absolute Gasteiger partial charge is 0.298 e. The number of halogens is 3. The van der Waals surface area contributed by atoms with E-state index in [1.165, 1.54) is 64.6 Å². The molecule has 0 aliphatic carbocycles. The molecule has 3 aromatic carbocycles. The van der Waals surface area contributed by atoms with E-state index in [0.717, 1.165) is 36.6 Å². The second-order valence-corrected chi connectivity index (χ2v) is 13.2. The van der Waals surface area contributed by atoms with Crippen LogP contribution >= 0.6 is 0 Å². The summed E-state index contributed by atoms with van der Waals surface area (Å²) in [5.74, 6) is -5.74. The van der Waals surface area contributed by atoms with Crippen LogP contribution in [0.2, 0.25) is 0 Å². The molecule has 1 saturated heterocycles. The van der Waals surface area contributed by atoms with E-state index in [-0.39, 0.29) is 52.8 Å². The van der Waals surface area contributed by atoms with E-state index in [1.54, 1.807) is 0 Å². The van der Waals surface area contributed by atoms with Crippen LogP contribution in [0.25, 0.3) is 0 Å². The summed E-state index contributed by atoms with van der Waals surface area (Å²) >= 11 is 0. The van der Waals surface area contributed by atoms with Crippen LogP contribution < -0.4 is 19.7 Å². The Kier molecular flexibility index (Phi) is 8.13. The monoisotopic (exact) mass is 680 g/mol. The molecule has 12 nitrogen and oxygen atoms in total. The Morgan fingerprint density at radius 3 is 2.31 bits per heavy atom. The van der Waals surface area contributed by atoms with Gasteiger partial charge >= 0.3 is 0 Å². The minimum atomic E-state index is -3.70. The van der Waals surface area contributed by atoms with Crippen LogP contribution in [0.1, 0.15) is 43.6 Å². The Morgan fingerprint density at radius 1 is 1.00 bits per heavy atom. The number of nitrogens with zero attached hydrogens (tertiary/aromatic N) is 5. The summed E-state index contributed by atoms with van der Waals surface area (Å²) < 4.78 is 82.6. The zero-order chi connectivity index (χ0) is 34.5. The number of alkyl halides is 2. The van der Waals surface area contributed by atoms with Gasteiger partial charge in [-0.3, -0.25) is 14.3 Å². The molecule has 16 heteroatoms. The lowest BCUT2D eigenvalue weighted by molar-refractivity contribution is 0.0425. The number of hydrogen-bond donors (Lipinski definition) is 1. The minimum absolute atomic E-state index is 0.0222. The summed E-state index contributed by atoms with van der Waals surface area (Å²) in [6.45, 7) is -0.131. The second kappa shape index (κ2) is 12.0. The highest BCUT2D eigenvalue weighted by molar-refractivity contribution is 7.88. The second-order valence-electron chi connectivity index (χ2n) is 11.2. The molecular weight excluding hydrogens is 653 g/mol. The summed E-state index contributed by atoms with van der Waals surface area (Å²) in [4.78, 5) is 28.7. The number of aromatic nitrogens is 2. The van der Waals surface area contributed by atoms with Crippen molar-refractivity contribution in [3.8, 4) is 17.6 Å². The first-order valence-electron chi connectivity index (χ1n) is 14.4. The third-order valence-electron chi connectivity index (χ3n) is 8.41. The lowest BCUT2D eigenvalue weighted by Crippen LogP contribution is -2.51. The van der Waals surface area contributed by atoms with E-state index in [1.807, 2.05) is 6.07 Å². The van der Waals surface area contributed by atoms with E-state index in [2.05, 4.69) is 10.4 Å². The Hall–Kier alpha value is -5.40. The normalized spacial score (nSPS) is 17.8. The molecule has 0 saturated carbocycles. The molecule has 2 aliphatic heterocycles. The van der Waals surface area contributed by atoms with Crippen LogP contribution in [0.15, 0.2) is 66.9 Å². The lowest BCUT2D eigenvalue weighted by atomic mass is 9.98. The fourth-order valence-electron chi connectivity index (χ4n) is 5.98. The van der Waals surface area contributed by atoms with Crippen molar-refractivity contribution in [3.05, 3.63) is 101 Å². The first-order valence-corrected chi connectivity index (χ1v) is 16.2. The maximum absolute atomic E-state index is 15.5. The highest BCUT2D eigenvalue weighted by Gasteiger charge is 2.50. The van der Waals surface area contributed by atoms with Crippen molar-refractivity contribution in [1.29, 1.82) is 5.26 Å². The van der Waals surface area contributed by atoms with Gasteiger partial charge in [0.2, 0.25) is 10.0 Å². The number of fused-ring (bicyclic) bond motifs is 3. The summed E-state index contributed by atoms with van der Waals surface area (Å²) in [6.07, 6.45) is 2.31. The van der Waals surface area contributed by atoms with Crippen molar-refractivity contribution in [2.75, 3.05) is 43.8 Å². The first-order chi connectivity index (χ1) is 22.8. The maximum Gasteiger partial charge on any atom is 0.298 e. The zero-order valence-electron chi connectivity index (χ0n) is 25.6. The molecule has 3 heterocycles. The maximum atomic E-state index is 15.5. The third kappa shape index (κ3) is 5.50. The fourth-order valence-corrected chi connectivity index (χ4v) is 6.82. The molecular formula is C32H27F3N6O6S. The van der Waals surface area contributed by atoms with Crippen molar-refractivity contribution in [2.45, 2.75) is 18.0 Å².